The van der Waals surface area contributed by atoms with E-state index in [4.69, 9.17) is 0 Å². The van der Waals surface area contributed by atoms with Crippen molar-refractivity contribution in [3.05, 3.63) is 0 Å². The van der Waals surface area contributed by atoms with E-state index in [0.29, 0.717) is 13.1 Å². The summed E-state index contributed by atoms with van der Waals surface area (Å²) in [6, 6.07) is -0.825. The van der Waals surface area contributed by atoms with E-state index in [-0.39, 0.29) is 6.03 Å². The zero-order valence-corrected chi connectivity index (χ0v) is 8.83. The number of hydrazine groups is 1. The van der Waals surface area contributed by atoms with Crippen LogP contribution in [0.2, 0.25) is 0 Å². The highest BCUT2D eigenvalue weighted by molar-refractivity contribution is 5.92. The van der Waals surface area contributed by atoms with E-state index < -0.39 is 6.03 Å². The average molecular weight is 213 g/mol. The third kappa shape index (κ3) is 3.45. The molecule has 0 aromatic rings. The summed E-state index contributed by atoms with van der Waals surface area (Å²) in [5.74, 6) is 0. The molecule has 0 saturated carbocycles. The van der Waals surface area contributed by atoms with Gasteiger partial charge in [0.2, 0.25) is 0 Å². The summed E-state index contributed by atoms with van der Waals surface area (Å²) in [6.45, 7) is 4.59. The predicted molar refractivity (Wildman–Crippen MR) is 55.2 cm³/mol. The Hall–Kier alpha value is -1.79. The number of carbonyl (C=O) groups is 2. The molecule has 0 radical (unpaired) electrons. The number of carbonyl (C=O) groups excluding carboxylic acids is 2. The molecule has 0 bridgehead atoms. The Labute approximate surface area is 87.9 Å². The Balaban J connectivity index is 2.40. The Kier molecular flexibility index (Phi) is 3.90. The molecule has 84 valence electrons. The van der Waals surface area contributed by atoms with Crippen LogP contribution in [0.4, 0.5) is 9.59 Å². The molecule has 15 heavy (non-hydrogen) atoms. The first-order chi connectivity index (χ1) is 7.13. The van der Waals surface area contributed by atoms with Crippen molar-refractivity contribution in [3.8, 4) is 0 Å². The van der Waals surface area contributed by atoms with Crippen LogP contribution >= 0.6 is 0 Å². The second-order valence-corrected chi connectivity index (χ2v) is 3.22. The Morgan fingerprint density at radius 2 is 2.40 bits per heavy atom. The minimum Gasteiger partial charge on any atom is -0.337 e. The summed E-state index contributed by atoms with van der Waals surface area (Å²) < 4.78 is 0. The van der Waals surface area contributed by atoms with Crippen molar-refractivity contribution in [3.63, 3.8) is 0 Å². The molecule has 1 rings (SSSR count). The molecule has 0 fully saturated rings. The van der Waals surface area contributed by atoms with Gasteiger partial charge in [-0.25, -0.2) is 25.4 Å². The molecule has 4 amide bonds. The van der Waals surface area contributed by atoms with Gasteiger partial charge in [-0.05, 0) is 13.3 Å². The van der Waals surface area contributed by atoms with E-state index in [1.807, 2.05) is 6.92 Å². The van der Waals surface area contributed by atoms with Crippen LogP contribution in [-0.4, -0.2) is 35.9 Å². The topological polar surface area (TPSA) is 85.8 Å². The quantitative estimate of drug-likeness (QED) is 0.617. The van der Waals surface area contributed by atoms with Gasteiger partial charge >= 0.3 is 12.1 Å². The largest absolute Gasteiger partial charge is 0.356 e. The second kappa shape index (κ2) is 5.18. The molecular formula is C8H15N5O2. The number of nitrogens with one attached hydrogen (secondary N) is 3. The second-order valence-electron chi connectivity index (χ2n) is 3.22. The normalized spacial score (nSPS) is 15.5. The molecule has 0 atom stereocenters. The molecule has 0 spiro atoms. The number of rotatable bonds is 3. The van der Waals surface area contributed by atoms with Crippen molar-refractivity contribution in [2.75, 3.05) is 13.1 Å². The van der Waals surface area contributed by atoms with Gasteiger partial charge in [0.15, 0.2) is 0 Å². The highest BCUT2D eigenvalue weighted by Gasteiger charge is 2.19. The van der Waals surface area contributed by atoms with Gasteiger partial charge in [-0.1, -0.05) is 6.92 Å². The maximum absolute atomic E-state index is 11.2. The number of amides is 4. The maximum Gasteiger partial charge on any atom is 0.356 e. The number of nitrogens with zero attached hydrogens (tertiary/aromatic N) is 2. The highest BCUT2D eigenvalue weighted by Crippen LogP contribution is 1.93. The lowest BCUT2D eigenvalue weighted by Crippen LogP contribution is -2.56. The van der Waals surface area contributed by atoms with E-state index >= 15 is 0 Å². The van der Waals surface area contributed by atoms with Gasteiger partial charge < -0.3 is 5.32 Å². The molecule has 0 aromatic carbocycles. The van der Waals surface area contributed by atoms with Crippen LogP contribution in [0, 0.1) is 0 Å². The van der Waals surface area contributed by atoms with E-state index in [1.54, 1.807) is 6.92 Å². The maximum atomic E-state index is 11.2. The van der Waals surface area contributed by atoms with Crippen LogP contribution in [0.25, 0.3) is 0 Å². The fraction of sp³-hybridized carbons (Fsp3) is 0.625. The zero-order valence-electron chi connectivity index (χ0n) is 8.83. The van der Waals surface area contributed by atoms with Gasteiger partial charge in [0.05, 0.1) is 12.3 Å². The van der Waals surface area contributed by atoms with Crippen LogP contribution in [0.15, 0.2) is 5.10 Å². The smallest absolute Gasteiger partial charge is 0.337 e. The van der Waals surface area contributed by atoms with Crippen molar-refractivity contribution in [2.45, 2.75) is 20.3 Å². The first-order valence-corrected chi connectivity index (χ1v) is 4.78. The molecule has 0 aliphatic carbocycles. The molecule has 1 aliphatic heterocycles. The summed E-state index contributed by atoms with van der Waals surface area (Å²) in [5.41, 5.74) is 5.43. The van der Waals surface area contributed by atoms with Crippen LogP contribution in [0.3, 0.4) is 0 Å². The number of hydrogen-bond acceptors (Lipinski definition) is 3. The van der Waals surface area contributed by atoms with Crippen LogP contribution in [-0.2, 0) is 0 Å². The van der Waals surface area contributed by atoms with Crippen molar-refractivity contribution in [1.29, 1.82) is 0 Å². The third-order valence-corrected chi connectivity index (χ3v) is 1.75. The highest BCUT2D eigenvalue weighted by atomic mass is 16.2. The van der Waals surface area contributed by atoms with E-state index in [9.17, 15) is 9.59 Å². The van der Waals surface area contributed by atoms with Gasteiger partial charge in [0.25, 0.3) is 0 Å². The average Bonchev–Trinajstić information content (AvgIpc) is 2.20. The molecule has 1 heterocycles. The van der Waals surface area contributed by atoms with Gasteiger partial charge in [-0.15, -0.1) is 0 Å². The SMILES string of the molecule is CCCNC(=O)NN1CC(C)=NNC1=O. The molecule has 0 aromatic heterocycles. The van der Waals surface area contributed by atoms with Crippen molar-refractivity contribution >= 4 is 17.8 Å². The van der Waals surface area contributed by atoms with Gasteiger partial charge in [0.1, 0.15) is 0 Å². The minimum atomic E-state index is -0.438. The van der Waals surface area contributed by atoms with Gasteiger partial charge in [0, 0.05) is 6.54 Å². The Morgan fingerprint density at radius 1 is 1.67 bits per heavy atom. The molecule has 7 nitrogen and oxygen atoms in total. The molecule has 0 unspecified atom stereocenters. The summed E-state index contributed by atoms with van der Waals surface area (Å²) in [6.07, 6.45) is 0.847. The lowest BCUT2D eigenvalue weighted by Gasteiger charge is -2.25. The molecule has 0 saturated heterocycles. The van der Waals surface area contributed by atoms with Crippen molar-refractivity contribution < 1.29 is 9.59 Å². The summed E-state index contributed by atoms with van der Waals surface area (Å²) >= 11 is 0. The molecule has 3 N–H and O–H groups in total. The van der Waals surface area contributed by atoms with Crippen LogP contribution in [0.5, 0.6) is 0 Å². The van der Waals surface area contributed by atoms with E-state index in [0.717, 1.165) is 12.1 Å². The Bertz CT molecular complexity index is 289. The molecule has 1 aliphatic rings. The summed E-state index contributed by atoms with van der Waals surface area (Å²) in [7, 11) is 0. The van der Waals surface area contributed by atoms with E-state index in [2.05, 4.69) is 21.3 Å². The monoisotopic (exact) mass is 213 g/mol. The van der Waals surface area contributed by atoms with Crippen LogP contribution in [0.1, 0.15) is 20.3 Å². The van der Waals surface area contributed by atoms with Crippen molar-refractivity contribution in [2.24, 2.45) is 5.10 Å². The van der Waals surface area contributed by atoms with Crippen molar-refractivity contribution in [1.82, 2.24) is 21.2 Å². The predicted octanol–water partition coefficient (Wildman–Crippen LogP) is 0.0117. The standard InChI is InChI=1S/C8H15N5O2/c1-3-4-9-7(14)12-13-5-6(2)10-11-8(13)15/h3-5H2,1-2H3,(H,11,15)(H2,9,12,14). The molecular weight excluding hydrogens is 198 g/mol. The summed E-state index contributed by atoms with van der Waals surface area (Å²) in [4.78, 5) is 22.5. The zero-order chi connectivity index (χ0) is 11.3. The Morgan fingerprint density at radius 3 is 3.07 bits per heavy atom. The lowest BCUT2D eigenvalue weighted by molar-refractivity contribution is 0.172. The molecule has 7 heteroatoms. The van der Waals surface area contributed by atoms with Crippen LogP contribution < -0.4 is 16.2 Å². The lowest BCUT2D eigenvalue weighted by atomic mass is 10.4. The van der Waals surface area contributed by atoms with Gasteiger partial charge in [-0.2, -0.15) is 5.10 Å². The third-order valence-electron chi connectivity index (χ3n) is 1.75. The fourth-order valence-corrected chi connectivity index (χ4v) is 1.03. The van der Waals surface area contributed by atoms with E-state index in [1.165, 1.54) is 5.01 Å². The first-order valence-electron chi connectivity index (χ1n) is 4.78. The van der Waals surface area contributed by atoms with Gasteiger partial charge in [-0.3, -0.25) is 0 Å². The summed E-state index contributed by atoms with van der Waals surface area (Å²) in [5, 5.41) is 7.51. The number of hydrogen-bond donors (Lipinski definition) is 3. The first kappa shape index (κ1) is 11.3. The fourth-order valence-electron chi connectivity index (χ4n) is 1.03. The number of hydrazone groups is 1. The minimum absolute atomic E-state index is 0.297. The number of urea groups is 2.